The SMILES string of the molecule is Cc1cc(COc2ccc(Cl)cc2)nc(-c2ccccn2)n1. The molecule has 0 saturated heterocycles. The summed E-state index contributed by atoms with van der Waals surface area (Å²) in [6, 6.07) is 14.8. The van der Waals surface area contributed by atoms with Crippen LogP contribution in [0.1, 0.15) is 11.4 Å². The summed E-state index contributed by atoms with van der Waals surface area (Å²) in [4.78, 5) is 13.2. The van der Waals surface area contributed by atoms with Crippen LogP contribution in [0.2, 0.25) is 5.02 Å². The van der Waals surface area contributed by atoms with Crippen LogP contribution >= 0.6 is 11.6 Å². The topological polar surface area (TPSA) is 47.9 Å². The van der Waals surface area contributed by atoms with Gasteiger partial charge in [-0.3, -0.25) is 4.98 Å². The molecule has 0 fully saturated rings. The fourth-order valence-electron chi connectivity index (χ4n) is 2.01. The molecule has 0 aliphatic rings. The highest BCUT2D eigenvalue weighted by molar-refractivity contribution is 6.30. The fraction of sp³-hybridized carbons (Fsp3) is 0.118. The molecule has 2 aromatic heterocycles. The molecule has 0 atom stereocenters. The summed E-state index contributed by atoms with van der Waals surface area (Å²) in [5.41, 5.74) is 2.44. The predicted octanol–water partition coefficient (Wildman–Crippen LogP) is 4.08. The first-order valence-corrected chi connectivity index (χ1v) is 7.23. The lowest BCUT2D eigenvalue weighted by Crippen LogP contribution is -2.03. The molecule has 3 rings (SSSR count). The second kappa shape index (κ2) is 6.54. The highest BCUT2D eigenvalue weighted by Crippen LogP contribution is 2.18. The largest absolute Gasteiger partial charge is 0.487 e. The first kappa shape index (κ1) is 14.5. The highest BCUT2D eigenvalue weighted by atomic mass is 35.5. The molecule has 0 saturated carbocycles. The van der Waals surface area contributed by atoms with Crippen molar-refractivity contribution in [1.82, 2.24) is 15.0 Å². The van der Waals surface area contributed by atoms with Crippen molar-refractivity contribution in [3.05, 3.63) is 71.1 Å². The molecule has 2 heterocycles. The third-order valence-electron chi connectivity index (χ3n) is 3.00. The van der Waals surface area contributed by atoms with Gasteiger partial charge >= 0.3 is 0 Å². The fourth-order valence-corrected chi connectivity index (χ4v) is 2.13. The van der Waals surface area contributed by atoms with Gasteiger partial charge in [-0.2, -0.15) is 0 Å². The molecule has 22 heavy (non-hydrogen) atoms. The van der Waals surface area contributed by atoms with Crippen molar-refractivity contribution in [2.45, 2.75) is 13.5 Å². The van der Waals surface area contributed by atoms with Crippen molar-refractivity contribution >= 4 is 11.6 Å². The molecule has 3 aromatic rings. The number of halogens is 1. The summed E-state index contributed by atoms with van der Waals surface area (Å²) in [7, 11) is 0. The second-order valence-electron chi connectivity index (χ2n) is 4.78. The second-order valence-corrected chi connectivity index (χ2v) is 5.22. The number of nitrogens with zero attached hydrogens (tertiary/aromatic N) is 3. The van der Waals surface area contributed by atoms with Crippen LogP contribution in [-0.4, -0.2) is 15.0 Å². The van der Waals surface area contributed by atoms with E-state index in [4.69, 9.17) is 16.3 Å². The van der Waals surface area contributed by atoms with E-state index in [1.165, 1.54) is 0 Å². The summed E-state index contributed by atoms with van der Waals surface area (Å²) < 4.78 is 5.72. The molecule has 0 aliphatic heterocycles. The summed E-state index contributed by atoms with van der Waals surface area (Å²) in [6.45, 7) is 2.30. The Labute approximate surface area is 133 Å². The molecule has 0 unspecified atom stereocenters. The molecular weight excluding hydrogens is 298 g/mol. The van der Waals surface area contributed by atoms with E-state index in [1.54, 1.807) is 18.3 Å². The first-order chi connectivity index (χ1) is 10.7. The maximum Gasteiger partial charge on any atom is 0.178 e. The predicted molar refractivity (Wildman–Crippen MR) is 85.8 cm³/mol. The molecular formula is C17H14ClN3O. The third-order valence-corrected chi connectivity index (χ3v) is 3.25. The lowest BCUT2D eigenvalue weighted by molar-refractivity contribution is 0.301. The molecule has 1 aromatic carbocycles. The maximum absolute atomic E-state index is 5.86. The molecule has 5 heteroatoms. The third kappa shape index (κ3) is 3.59. The van der Waals surface area contributed by atoms with Gasteiger partial charge in [-0.25, -0.2) is 9.97 Å². The normalized spacial score (nSPS) is 10.5. The van der Waals surface area contributed by atoms with Gasteiger partial charge in [-0.1, -0.05) is 17.7 Å². The number of rotatable bonds is 4. The molecule has 110 valence electrons. The van der Waals surface area contributed by atoms with Crippen LogP contribution in [-0.2, 0) is 6.61 Å². The quantitative estimate of drug-likeness (QED) is 0.728. The maximum atomic E-state index is 5.86. The van der Waals surface area contributed by atoms with Crippen molar-refractivity contribution in [2.24, 2.45) is 0 Å². The molecule has 0 spiro atoms. The van der Waals surface area contributed by atoms with Crippen LogP contribution in [0.5, 0.6) is 5.75 Å². The minimum absolute atomic E-state index is 0.366. The molecule has 0 aliphatic carbocycles. The Hall–Kier alpha value is -2.46. The minimum Gasteiger partial charge on any atom is -0.487 e. The van der Waals surface area contributed by atoms with E-state index in [9.17, 15) is 0 Å². The van der Waals surface area contributed by atoms with E-state index in [2.05, 4.69) is 15.0 Å². The van der Waals surface area contributed by atoms with Gasteiger partial charge in [0.2, 0.25) is 0 Å². The van der Waals surface area contributed by atoms with E-state index < -0.39 is 0 Å². The molecule has 0 bridgehead atoms. The van der Waals surface area contributed by atoms with Gasteiger partial charge in [0, 0.05) is 16.9 Å². The van der Waals surface area contributed by atoms with Gasteiger partial charge in [0.15, 0.2) is 5.82 Å². The minimum atomic E-state index is 0.366. The van der Waals surface area contributed by atoms with Crippen molar-refractivity contribution in [3.63, 3.8) is 0 Å². The summed E-state index contributed by atoms with van der Waals surface area (Å²) in [6.07, 6.45) is 1.73. The number of aromatic nitrogens is 3. The average Bonchev–Trinajstić information content (AvgIpc) is 2.55. The van der Waals surface area contributed by atoms with Crippen LogP contribution in [0.25, 0.3) is 11.5 Å². The van der Waals surface area contributed by atoms with E-state index in [0.29, 0.717) is 17.5 Å². The zero-order chi connectivity index (χ0) is 15.4. The lowest BCUT2D eigenvalue weighted by atomic mass is 10.3. The Balaban J connectivity index is 1.79. The Morgan fingerprint density at radius 1 is 1.05 bits per heavy atom. The standard InChI is InChI=1S/C17H14ClN3O/c1-12-10-14(11-22-15-7-5-13(18)6-8-15)21-17(20-12)16-4-2-3-9-19-16/h2-10H,11H2,1H3. The van der Waals surface area contributed by atoms with Crippen LogP contribution in [0.3, 0.4) is 0 Å². The first-order valence-electron chi connectivity index (χ1n) is 6.85. The molecule has 0 radical (unpaired) electrons. The van der Waals surface area contributed by atoms with E-state index in [0.717, 1.165) is 22.8 Å². The van der Waals surface area contributed by atoms with Crippen LogP contribution in [0.15, 0.2) is 54.7 Å². The van der Waals surface area contributed by atoms with Gasteiger partial charge < -0.3 is 4.74 Å². The number of hydrogen-bond donors (Lipinski definition) is 0. The summed E-state index contributed by atoms with van der Waals surface area (Å²) in [5, 5.41) is 0.683. The monoisotopic (exact) mass is 311 g/mol. The molecule has 4 nitrogen and oxygen atoms in total. The van der Waals surface area contributed by atoms with Crippen molar-refractivity contribution in [2.75, 3.05) is 0 Å². The number of ether oxygens (including phenoxy) is 1. The van der Waals surface area contributed by atoms with Crippen LogP contribution in [0, 0.1) is 6.92 Å². The zero-order valence-corrected chi connectivity index (χ0v) is 12.8. The average molecular weight is 312 g/mol. The Kier molecular flexibility index (Phi) is 4.30. The van der Waals surface area contributed by atoms with Gasteiger partial charge in [-0.05, 0) is 49.4 Å². The zero-order valence-electron chi connectivity index (χ0n) is 12.0. The van der Waals surface area contributed by atoms with E-state index >= 15 is 0 Å². The lowest BCUT2D eigenvalue weighted by Gasteiger charge is -2.08. The number of hydrogen-bond acceptors (Lipinski definition) is 4. The van der Waals surface area contributed by atoms with Gasteiger partial charge in [0.1, 0.15) is 18.1 Å². The van der Waals surface area contributed by atoms with Crippen molar-refractivity contribution in [1.29, 1.82) is 0 Å². The molecule has 0 amide bonds. The highest BCUT2D eigenvalue weighted by Gasteiger charge is 2.06. The van der Waals surface area contributed by atoms with Crippen LogP contribution < -0.4 is 4.74 Å². The Morgan fingerprint density at radius 3 is 2.59 bits per heavy atom. The number of pyridine rings is 1. The van der Waals surface area contributed by atoms with E-state index in [1.807, 2.05) is 43.3 Å². The van der Waals surface area contributed by atoms with E-state index in [-0.39, 0.29) is 0 Å². The van der Waals surface area contributed by atoms with Crippen LogP contribution in [0.4, 0.5) is 0 Å². The van der Waals surface area contributed by atoms with Gasteiger partial charge in [0.25, 0.3) is 0 Å². The van der Waals surface area contributed by atoms with Crippen molar-refractivity contribution < 1.29 is 4.74 Å². The Bertz CT molecular complexity index is 761. The summed E-state index contributed by atoms with van der Waals surface area (Å²) >= 11 is 5.86. The number of aryl methyl sites for hydroxylation is 1. The smallest absolute Gasteiger partial charge is 0.178 e. The van der Waals surface area contributed by atoms with Gasteiger partial charge in [-0.15, -0.1) is 0 Å². The van der Waals surface area contributed by atoms with Crippen molar-refractivity contribution in [3.8, 4) is 17.3 Å². The summed E-state index contributed by atoms with van der Waals surface area (Å²) in [5.74, 6) is 1.36. The van der Waals surface area contributed by atoms with Gasteiger partial charge in [0.05, 0.1) is 5.69 Å². The number of benzene rings is 1. The molecule has 0 N–H and O–H groups in total. The Morgan fingerprint density at radius 2 is 1.86 bits per heavy atom.